The Bertz CT molecular complexity index is 936. The van der Waals surface area contributed by atoms with E-state index in [1.807, 2.05) is 72.8 Å². The molecule has 0 atom stereocenters. The summed E-state index contributed by atoms with van der Waals surface area (Å²) >= 11 is -3.71. The zero-order valence-corrected chi connectivity index (χ0v) is 17.5. The molecule has 0 radical (unpaired) electrons. The van der Waals surface area contributed by atoms with E-state index in [1.54, 1.807) is 12.1 Å². The van der Waals surface area contributed by atoms with Gasteiger partial charge in [-0.25, -0.2) is 0 Å². The Hall–Kier alpha value is -3.11. The van der Waals surface area contributed by atoms with Gasteiger partial charge >= 0.3 is 168 Å². The van der Waals surface area contributed by atoms with Crippen molar-refractivity contribution >= 4 is 32.8 Å². The summed E-state index contributed by atoms with van der Waals surface area (Å²) in [4.78, 5) is 13.2. The molecule has 0 aliphatic rings. The minimum absolute atomic E-state index is 0.280. The Kier molecular flexibility index (Phi) is 5.40. The van der Waals surface area contributed by atoms with Gasteiger partial charge < -0.3 is 0 Å². The van der Waals surface area contributed by atoms with Crippen molar-refractivity contribution in [3.05, 3.63) is 127 Å². The van der Waals surface area contributed by atoms with Crippen LogP contribution in [0.4, 0.5) is 0 Å². The first kappa shape index (κ1) is 18.3. The fraction of sp³-hybridized carbons (Fsp3) is 0. The van der Waals surface area contributed by atoms with Crippen molar-refractivity contribution in [2.24, 2.45) is 0 Å². The molecular formula is C25H20GeO2. The predicted octanol–water partition coefficient (Wildman–Crippen LogP) is 3.51. The van der Waals surface area contributed by atoms with Crippen LogP contribution in [0.1, 0.15) is 10.4 Å². The molecule has 0 spiro atoms. The van der Waals surface area contributed by atoms with E-state index in [9.17, 15) is 4.79 Å². The summed E-state index contributed by atoms with van der Waals surface area (Å²) in [7, 11) is 0. The molecule has 4 aromatic carbocycles. The average molecular weight is 425 g/mol. The van der Waals surface area contributed by atoms with Crippen LogP contribution in [-0.4, -0.2) is 19.6 Å². The van der Waals surface area contributed by atoms with E-state index >= 15 is 0 Å². The van der Waals surface area contributed by atoms with E-state index in [2.05, 4.69) is 36.4 Å². The van der Waals surface area contributed by atoms with Gasteiger partial charge in [0.15, 0.2) is 0 Å². The number of hydrogen-bond donors (Lipinski definition) is 0. The quantitative estimate of drug-likeness (QED) is 0.458. The summed E-state index contributed by atoms with van der Waals surface area (Å²) in [5.41, 5.74) is 0.570. The molecule has 4 aromatic rings. The molecule has 136 valence electrons. The summed E-state index contributed by atoms with van der Waals surface area (Å²) in [5, 5.41) is 0. The van der Waals surface area contributed by atoms with Crippen LogP contribution < -0.4 is 13.2 Å². The Morgan fingerprint density at radius 1 is 0.500 bits per heavy atom. The molecule has 2 nitrogen and oxygen atoms in total. The summed E-state index contributed by atoms with van der Waals surface area (Å²) < 4.78 is 9.79. The molecule has 3 heteroatoms. The van der Waals surface area contributed by atoms with Gasteiger partial charge in [-0.1, -0.05) is 0 Å². The third-order valence-corrected chi connectivity index (χ3v) is 13.0. The van der Waals surface area contributed by atoms with Crippen molar-refractivity contribution in [2.45, 2.75) is 0 Å². The van der Waals surface area contributed by atoms with Crippen LogP contribution in [0, 0.1) is 0 Å². The molecule has 0 amide bonds. The van der Waals surface area contributed by atoms with Crippen LogP contribution in [0.25, 0.3) is 0 Å². The summed E-state index contributed by atoms with van der Waals surface area (Å²) in [6.07, 6.45) is 0. The second kappa shape index (κ2) is 8.28. The van der Waals surface area contributed by atoms with Crippen LogP contribution in [0.15, 0.2) is 121 Å². The molecule has 28 heavy (non-hydrogen) atoms. The average Bonchev–Trinajstić information content (AvgIpc) is 2.80. The minimum atomic E-state index is -3.71. The van der Waals surface area contributed by atoms with Gasteiger partial charge in [0.05, 0.1) is 0 Å². The van der Waals surface area contributed by atoms with Crippen molar-refractivity contribution in [1.29, 1.82) is 0 Å². The molecule has 0 aliphatic carbocycles. The second-order valence-electron chi connectivity index (χ2n) is 6.53. The molecule has 0 aromatic heterocycles. The van der Waals surface area contributed by atoms with Gasteiger partial charge in [0, 0.05) is 0 Å². The molecule has 4 rings (SSSR count). The van der Waals surface area contributed by atoms with Gasteiger partial charge in [0.1, 0.15) is 0 Å². The maximum atomic E-state index is 13.2. The number of carbonyl (C=O) groups excluding carboxylic acids is 1. The number of hydrogen-bond acceptors (Lipinski definition) is 2. The first-order valence-electron chi connectivity index (χ1n) is 9.26. The SMILES string of the molecule is O=C([O][Ge]([c]1ccccc1)([c]1ccccc1)[c]1ccccc1)c1ccccc1. The molecule has 0 aliphatic heterocycles. The fourth-order valence-corrected chi connectivity index (χ4v) is 11.3. The van der Waals surface area contributed by atoms with Crippen molar-refractivity contribution in [3.63, 3.8) is 0 Å². The first-order valence-corrected chi connectivity index (χ1v) is 13.3. The number of carbonyl (C=O) groups is 1. The normalized spacial score (nSPS) is 11.0. The monoisotopic (exact) mass is 426 g/mol. The zero-order chi connectivity index (χ0) is 19.2. The number of benzene rings is 4. The van der Waals surface area contributed by atoms with Gasteiger partial charge in [-0.05, 0) is 0 Å². The maximum absolute atomic E-state index is 13.2. The van der Waals surface area contributed by atoms with E-state index in [0.29, 0.717) is 5.56 Å². The molecule has 0 N–H and O–H groups in total. The van der Waals surface area contributed by atoms with E-state index in [1.165, 1.54) is 0 Å². The van der Waals surface area contributed by atoms with E-state index in [0.717, 1.165) is 13.2 Å². The van der Waals surface area contributed by atoms with Crippen LogP contribution in [0.2, 0.25) is 0 Å². The molecule has 0 fully saturated rings. The van der Waals surface area contributed by atoms with Gasteiger partial charge in [-0.2, -0.15) is 0 Å². The Balaban J connectivity index is 1.95. The van der Waals surface area contributed by atoms with Crippen LogP contribution in [0.3, 0.4) is 0 Å². The molecule has 0 unspecified atom stereocenters. The number of rotatable bonds is 5. The predicted molar refractivity (Wildman–Crippen MR) is 116 cm³/mol. The second-order valence-corrected chi connectivity index (χ2v) is 13.5. The van der Waals surface area contributed by atoms with Gasteiger partial charge in [0.2, 0.25) is 0 Å². The molecule has 0 saturated carbocycles. The first-order chi connectivity index (χ1) is 13.8. The van der Waals surface area contributed by atoms with Crippen molar-refractivity contribution in [2.75, 3.05) is 0 Å². The van der Waals surface area contributed by atoms with Gasteiger partial charge in [0.25, 0.3) is 0 Å². The van der Waals surface area contributed by atoms with E-state index in [4.69, 9.17) is 3.76 Å². The van der Waals surface area contributed by atoms with Crippen molar-refractivity contribution in [3.8, 4) is 0 Å². The standard InChI is InChI=1S/C25H20GeO2/c27-25(21-13-5-1-6-14-21)28-26(22-15-7-2-8-16-22,23-17-9-3-10-18-23)24-19-11-4-12-20-24/h1-20H. The third kappa shape index (κ3) is 3.51. The Morgan fingerprint density at radius 2 is 0.821 bits per heavy atom. The summed E-state index contributed by atoms with van der Waals surface area (Å²) in [5.74, 6) is -0.280. The van der Waals surface area contributed by atoms with E-state index < -0.39 is 13.6 Å². The van der Waals surface area contributed by atoms with Crippen molar-refractivity contribution < 1.29 is 8.56 Å². The molecule has 0 heterocycles. The summed E-state index contributed by atoms with van der Waals surface area (Å²) in [6.45, 7) is 0. The zero-order valence-electron chi connectivity index (χ0n) is 15.4. The van der Waals surface area contributed by atoms with Crippen LogP contribution in [-0.2, 0) is 3.76 Å². The van der Waals surface area contributed by atoms with Crippen LogP contribution in [0.5, 0.6) is 0 Å². The molecule has 0 saturated heterocycles. The topological polar surface area (TPSA) is 26.3 Å². The molecular weight excluding hydrogens is 405 g/mol. The van der Waals surface area contributed by atoms with Gasteiger partial charge in [-0.3, -0.25) is 0 Å². The Morgan fingerprint density at radius 3 is 1.18 bits per heavy atom. The summed E-state index contributed by atoms with van der Waals surface area (Å²) in [6, 6.07) is 39.8. The fourth-order valence-electron chi connectivity index (χ4n) is 3.47. The third-order valence-electron chi connectivity index (χ3n) is 4.80. The van der Waals surface area contributed by atoms with Gasteiger partial charge in [-0.15, -0.1) is 0 Å². The molecule has 0 bridgehead atoms. The van der Waals surface area contributed by atoms with Crippen molar-refractivity contribution in [1.82, 2.24) is 0 Å². The van der Waals surface area contributed by atoms with Crippen LogP contribution >= 0.6 is 0 Å². The van der Waals surface area contributed by atoms with E-state index in [-0.39, 0.29) is 5.97 Å². The Labute approximate surface area is 168 Å².